The highest BCUT2D eigenvalue weighted by molar-refractivity contribution is 8.00. The first-order chi connectivity index (χ1) is 13.9. The topological polar surface area (TPSA) is 81.3 Å². The maximum atomic E-state index is 12.8. The van der Waals surface area contributed by atoms with Gasteiger partial charge in [-0.15, -0.1) is 10.2 Å². The molecule has 1 atom stereocenters. The molecule has 0 spiro atoms. The number of aryl methyl sites for hydroxylation is 3. The molecule has 0 aliphatic heterocycles. The average molecular weight is 407 g/mol. The Labute approximate surface area is 171 Å². The summed E-state index contributed by atoms with van der Waals surface area (Å²) in [6.45, 7) is 5.77. The van der Waals surface area contributed by atoms with Crippen LogP contribution in [0.2, 0.25) is 0 Å². The van der Waals surface area contributed by atoms with Crippen LogP contribution in [0.4, 0.5) is 5.69 Å². The molecule has 0 radical (unpaired) electrons. The van der Waals surface area contributed by atoms with Crippen molar-refractivity contribution >= 4 is 40.0 Å². The van der Waals surface area contributed by atoms with Crippen molar-refractivity contribution in [2.24, 2.45) is 7.05 Å². The molecule has 4 rings (SSSR count). The Balaban J connectivity index is 1.69. The highest BCUT2D eigenvalue weighted by Crippen LogP contribution is 2.27. The molecule has 1 unspecified atom stereocenters. The molecule has 2 heterocycles. The number of nitrogens with one attached hydrogen (secondary N) is 1. The first kappa shape index (κ1) is 19.2. The highest BCUT2D eigenvalue weighted by Gasteiger charge is 2.21. The SMILES string of the molecule is Cc1cccc(C)c1NC(=O)C(C)Sc1nnc2n(C)c(=O)c3ccccc3n12. The Morgan fingerprint density at radius 2 is 1.76 bits per heavy atom. The summed E-state index contributed by atoms with van der Waals surface area (Å²) in [4.78, 5) is 25.4. The van der Waals surface area contributed by atoms with E-state index >= 15 is 0 Å². The smallest absolute Gasteiger partial charge is 0.262 e. The number of amides is 1. The summed E-state index contributed by atoms with van der Waals surface area (Å²) in [6, 6.07) is 13.2. The first-order valence-electron chi connectivity index (χ1n) is 9.25. The molecule has 0 bridgehead atoms. The Morgan fingerprint density at radius 3 is 2.48 bits per heavy atom. The number of anilines is 1. The number of para-hydroxylation sites is 2. The third-order valence-electron chi connectivity index (χ3n) is 4.98. The summed E-state index contributed by atoms with van der Waals surface area (Å²) in [5, 5.41) is 12.2. The fourth-order valence-corrected chi connectivity index (χ4v) is 4.19. The largest absolute Gasteiger partial charge is 0.325 e. The molecule has 148 valence electrons. The Morgan fingerprint density at radius 1 is 1.07 bits per heavy atom. The van der Waals surface area contributed by atoms with Crippen LogP contribution in [0.25, 0.3) is 16.7 Å². The van der Waals surface area contributed by atoms with E-state index in [1.807, 2.05) is 61.6 Å². The number of aromatic nitrogens is 4. The van der Waals surface area contributed by atoms with Crippen LogP contribution < -0.4 is 10.9 Å². The summed E-state index contributed by atoms with van der Waals surface area (Å²) < 4.78 is 3.30. The number of benzene rings is 2. The van der Waals surface area contributed by atoms with Gasteiger partial charge in [-0.1, -0.05) is 42.1 Å². The van der Waals surface area contributed by atoms with Gasteiger partial charge < -0.3 is 5.32 Å². The van der Waals surface area contributed by atoms with Gasteiger partial charge in [0.2, 0.25) is 11.7 Å². The van der Waals surface area contributed by atoms with Crippen molar-refractivity contribution in [3.63, 3.8) is 0 Å². The standard InChI is InChI=1S/C21H21N5O2S/c1-12-8-7-9-13(2)17(12)22-18(27)14(3)29-21-24-23-20-25(4)19(28)15-10-5-6-11-16(15)26(20)21/h5-11,14H,1-4H3,(H,22,27). The molecule has 0 saturated carbocycles. The third kappa shape index (κ3) is 3.29. The van der Waals surface area contributed by atoms with Crippen LogP contribution in [-0.4, -0.2) is 30.3 Å². The first-order valence-corrected chi connectivity index (χ1v) is 10.1. The number of fused-ring (bicyclic) bond motifs is 3. The van der Waals surface area contributed by atoms with Crippen LogP contribution in [0, 0.1) is 13.8 Å². The lowest BCUT2D eigenvalue weighted by molar-refractivity contribution is -0.115. The minimum Gasteiger partial charge on any atom is -0.325 e. The number of rotatable bonds is 4. The van der Waals surface area contributed by atoms with E-state index in [9.17, 15) is 9.59 Å². The molecule has 8 heteroatoms. The summed E-state index contributed by atoms with van der Waals surface area (Å²) in [6.07, 6.45) is 0. The molecule has 4 aromatic rings. The van der Waals surface area contributed by atoms with Crippen molar-refractivity contribution in [1.82, 2.24) is 19.2 Å². The van der Waals surface area contributed by atoms with Crippen molar-refractivity contribution in [3.8, 4) is 0 Å². The van der Waals surface area contributed by atoms with Gasteiger partial charge in [-0.25, -0.2) is 0 Å². The minimum absolute atomic E-state index is 0.113. The summed E-state index contributed by atoms with van der Waals surface area (Å²) in [5.41, 5.74) is 3.47. The molecule has 1 amide bonds. The van der Waals surface area contributed by atoms with Gasteiger partial charge in [0, 0.05) is 12.7 Å². The molecule has 29 heavy (non-hydrogen) atoms. The van der Waals surface area contributed by atoms with E-state index in [0.29, 0.717) is 16.3 Å². The Kier molecular flexibility index (Phi) is 4.87. The molecule has 0 aliphatic carbocycles. The van der Waals surface area contributed by atoms with Crippen molar-refractivity contribution in [2.75, 3.05) is 5.32 Å². The molecular formula is C21H21N5O2S. The second-order valence-corrected chi connectivity index (χ2v) is 8.32. The van der Waals surface area contributed by atoms with E-state index < -0.39 is 5.25 Å². The predicted octanol–water partition coefficient (Wildman–Crippen LogP) is 3.32. The summed E-state index contributed by atoms with van der Waals surface area (Å²) >= 11 is 1.31. The minimum atomic E-state index is -0.405. The van der Waals surface area contributed by atoms with Gasteiger partial charge in [0.15, 0.2) is 5.16 Å². The quantitative estimate of drug-likeness (QED) is 0.525. The van der Waals surface area contributed by atoms with E-state index in [1.54, 1.807) is 13.1 Å². The van der Waals surface area contributed by atoms with Crippen LogP contribution in [0.5, 0.6) is 0 Å². The summed E-state index contributed by atoms with van der Waals surface area (Å²) in [7, 11) is 1.67. The molecule has 0 saturated heterocycles. The molecule has 7 nitrogen and oxygen atoms in total. The molecule has 0 fully saturated rings. The molecular weight excluding hydrogens is 386 g/mol. The Hall–Kier alpha value is -3.13. The van der Waals surface area contributed by atoms with Crippen molar-refractivity contribution in [1.29, 1.82) is 0 Å². The van der Waals surface area contributed by atoms with Gasteiger partial charge in [-0.2, -0.15) is 0 Å². The highest BCUT2D eigenvalue weighted by atomic mass is 32.2. The fourth-order valence-electron chi connectivity index (χ4n) is 3.34. The van der Waals surface area contributed by atoms with E-state index in [1.165, 1.54) is 16.3 Å². The summed E-state index contributed by atoms with van der Waals surface area (Å²) in [5.74, 6) is 0.330. The number of hydrogen-bond donors (Lipinski definition) is 1. The van der Waals surface area contributed by atoms with E-state index in [0.717, 1.165) is 22.3 Å². The zero-order valence-corrected chi connectivity index (χ0v) is 17.4. The van der Waals surface area contributed by atoms with E-state index in [2.05, 4.69) is 15.5 Å². The van der Waals surface area contributed by atoms with Crippen LogP contribution in [0.15, 0.2) is 52.4 Å². The van der Waals surface area contributed by atoms with E-state index in [4.69, 9.17) is 0 Å². The van der Waals surface area contributed by atoms with Crippen molar-refractivity contribution in [3.05, 3.63) is 63.9 Å². The van der Waals surface area contributed by atoms with Gasteiger partial charge in [0.25, 0.3) is 5.56 Å². The monoisotopic (exact) mass is 407 g/mol. The zero-order valence-electron chi connectivity index (χ0n) is 16.6. The number of nitrogens with zero attached hydrogens (tertiary/aromatic N) is 4. The lowest BCUT2D eigenvalue weighted by Gasteiger charge is -2.15. The number of carbonyl (C=O) groups excluding carboxylic acids is 1. The normalized spacial score (nSPS) is 12.4. The van der Waals surface area contributed by atoms with Gasteiger partial charge in [-0.05, 0) is 44.0 Å². The van der Waals surface area contributed by atoms with Gasteiger partial charge in [0.05, 0.1) is 16.2 Å². The number of hydrogen-bond acceptors (Lipinski definition) is 5. The third-order valence-corrected chi connectivity index (χ3v) is 6.02. The van der Waals surface area contributed by atoms with E-state index in [-0.39, 0.29) is 11.5 Å². The van der Waals surface area contributed by atoms with Crippen LogP contribution in [0.1, 0.15) is 18.1 Å². The van der Waals surface area contributed by atoms with Crippen molar-refractivity contribution in [2.45, 2.75) is 31.2 Å². The lowest BCUT2D eigenvalue weighted by atomic mass is 10.1. The number of carbonyl (C=O) groups is 1. The molecule has 2 aromatic heterocycles. The van der Waals surface area contributed by atoms with Crippen molar-refractivity contribution < 1.29 is 4.79 Å². The Bertz CT molecular complexity index is 1290. The average Bonchev–Trinajstić information content (AvgIpc) is 3.12. The second kappa shape index (κ2) is 7.36. The van der Waals surface area contributed by atoms with Gasteiger partial charge in [-0.3, -0.25) is 18.6 Å². The lowest BCUT2D eigenvalue weighted by Crippen LogP contribution is -2.24. The second-order valence-electron chi connectivity index (χ2n) is 7.02. The van der Waals surface area contributed by atoms with Crippen LogP contribution >= 0.6 is 11.8 Å². The van der Waals surface area contributed by atoms with Gasteiger partial charge in [0.1, 0.15) is 0 Å². The number of thioether (sulfide) groups is 1. The molecule has 0 aliphatic rings. The maximum absolute atomic E-state index is 12.8. The molecule has 1 N–H and O–H groups in total. The fraction of sp³-hybridized carbons (Fsp3) is 0.238. The van der Waals surface area contributed by atoms with Gasteiger partial charge >= 0.3 is 0 Å². The predicted molar refractivity (Wildman–Crippen MR) is 116 cm³/mol. The van der Waals surface area contributed by atoms with Crippen LogP contribution in [-0.2, 0) is 11.8 Å². The maximum Gasteiger partial charge on any atom is 0.262 e. The molecule has 2 aromatic carbocycles. The van der Waals surface area contributed by atoms with Crippen LogP contribution in [0.3, 0.4) is 0 Å². The zero-order chi connectivity index (χ0) is 20.7.